The molecule has 1 amide bonds. The average molecular weight is 586 g/mol. The highest BCUT2D eigenvalue weighted by Crippen LogP contribution is 2.35. The van der Waals surface area contributed by atoms with E-state index in [4.69, 9.17) is 4.98 Å². The number of aromatic amines is 2. The number of benzene rings is 2. The number of carbonyl (C=O) groups excluding carboxylic acids is 1. The van der Waals surface area contributed by atoms with Crippen LogP contribution in [0.1, 0.15) is 56.5 Å². The molecule has 0 saturated carbocycles. The molecular formula is C33H40FN7O2. The van der Waals surface area contributed by atoms with E-state index in [1.54, 1.807) is 0 Å². The Morgan fingerprint density at radius 3 is 2.70 bits per heavy atom. The first kappa shape index (κ1) is 28.0. The van der Waals surface area contributed by atoms with Crippen LogP contribution in [-0.2, 0) is 24.2 Å². The van der Waals surface area contributed by atoms with Crippen LogP contribution in [0.15, 0.2) is 30.3 Å². The molecule has 0 radical (unpaired) electrons. The van der Waals surface area contributed by atoms with Crippen molar-refractivity contribution >= 4 is 16.8 Å². The fourth-order valence-corrected chi connectivity index (χ4v) is 7.14. The number of hydrogen-bond donors (Lipinski definition) is 3. The molecule has 226 valence electrons. The first-order valence-electron chi connectivity index (χ1n) is 15.8. The number of phenols is 1. The SMILES string of the molecule is CCCN1Cc2[nH]c(-c3n[nH]c4cc(-c5cc(F)c(O)cc5CC)ccc34)nc2C[C@H]1C(=O)N1CC(N2CCCCC2)C1. The van der Waals surface area contributed by atoms with Crippen molar-refractivity contribution in [3.8, 4) is 28.4 Å². The molecule has 0 unspecified atom stereocenters. The lowest BCUT2D eigenvalue weighted by molar-refractivity contribution is -0.145. The fourth-order valence-electron chi connectivity index (χ4n) is 7.14. The van der Waals surface area contributed by atoms with Gasteiger partial charge < -0.3 is 15.0 Å². The van der Waals surface area contributed by atoms with Gasteiger partial charge in [0.05, 0.1) is 22.9 Å². The Morgan fingerprint density at radius 1 is 1.12 bits per heavy atom. The molecule has 4 aromatic rings. The highest BCUT2D eigenvalue weighted by atomic mass is 19.1. The second-order valence-corrected chi connectivity index (χ2v) is 12.3. The van der Waals surface area contributed by atoms with Crippen LogP contribution in [0.5, 0.6) is 5.75 Å². The molecule has 2 aromatic heterocycles. The summed E-state index contributed by atoms with van der Waals surface area (Å²) in [5, 5.41) is 18.5. The van der Waals surface area contributed by atoms with E-state index in [0.29, 0.717) is 31.3 Å². The number of hydrogen-bond acceptors (Lipinski definition) is 6. The highest BCUT2D eigenvalue weighted by molar-refractivity contribution is 5.94. The Morgan fingerprint density at radius 2 is 1.93 bits per heavy atom. The van der Waals surface area contributed by atoms with Crippen LogP contribution in [0, 0.1) is 5.82 Å². The number of phenolic OH excluding ortho intramolecular Hbond substituents is 1. The van der Waals surface area contributed by atoms with Gasteiger partial charge in [-0.2, -0.15) is 5.10 Å². The summed E-state index contributed by atoms with van der Waals surface area (Å²) in [6, 6.07) is 9.10. The lowest BCUT2D eigenvalue weighted by Crippen LogP contribution is -2.65. The Balaban J connectivity index is 1.12. The number of aromatic nitrogens is 4. The molecule has 1 atom stereocenters. The Hall–Kier alpha value is -3.76. The summed E-state index contributed by atoms with van der Waals surface area (Å²) >= 11 is 0. The molecule has 3 aliphatic heterocycles. The van der Waals surface area contributed by atoms with E-state index in [2.05, 4.69) is 31.9 Å². The first-order chi connectivity index (χ1) is 20.9. The van der Waals surface area contributed by atoms with Crippen molar-refractivity contribution in [2.75, 3.05) is 32.7 Å². The van der Waals surface area contributed by atoms with Gasteiger partial charge in [-0.25, -0.2) is 9.37 Å². The van der Waals surface area contributed by atoms with E-state index >= 15 is 0 Å². The molecule has 2 fully saturated rings. The average Bonchev–Trinajstić information content (AvgIpc) is 3.61. The minimum Gasteiger partial charge on any atom is -0.505 e. The number of carbonyl (C=O) groups is 1. The summed E-state index contributed by atoms with van der Waals surface area (Å²) < 4.78 is 14.2. The van der Waals surface area contributed by atoms with Crippen molar-refractivity contribution in [3.63, 3.8) is 0 Å². The largest absolute Gasteiger partial charge is 0.505 e. The maximum absolute atomic E-state index is 14.2. The Labute approximate surface area is 251 Å². The third-order valence-corrected chi connectivity index (χ3v) is 9.58. The summed E-state index contributed by atoms with van der Waals surface area (Å²) in [6.45, 7) is 9.67. The number of piperidine rings is 1. The molecule has 0 bridgehead atoms. The van der Waals surface area contributed by atoms with Crippen molar-refractivity contribution in [2.45, 2.75) is 71.0 Å². The molecule has 3 aliphatic rings. The van der Waals surface area contributed by atoms with Crippen LogP contribution < -0.4 is 0 Å². The number of rotatable bonds is 7. The minimum atomic E-state index is -0.636. The second kappa shape index (κ2) is 11.4. The van der Waals surface area contributed by atoms with Crippen LogP contribution in [0.3, 0.4) is 0 Å². The van der Waals surface area contributed by atoms with Crippen molar-refractivity contribution < 1.29 is 14.3 Å². The predicted molar refractivity (Wildman–Crippen MR) is 164 cm³/mol. The zero-order chi connectivity index (χ0) is 29.7. The van der Waals surface area contributed by atoms with E-state index in [-0.39, 0.29) is 17.7 Å². The number of aryl methyl sites for hydroxylation is 1. The predicted octanol–water partition coefficient (Wildman–Crippen LogP) is 4.86. The van der Waals surface area contributed by atoms with Gasteiger partial charge in [0.15, 0.2) is 17.4 Å². The van der Waals surface area contributed by atoms with Crippen molar-refractivity contribution in [2.24, 2.45) is 0 Å². The number of fused-ring (bicyclic) bond motifs is 2. The highest BCUT2D eigenvalue weighted by Gasteiger charge is 2.41. The topological polar surface area (TPSA) is 104 Å². The van der Waals surface area contributed by atoms with E-state index in [1.807, 2.05) is 30.0 Å². The lowest BCUT2D eigenvalue weighted by atomic mass is 9.96. The Kier molecular flexibility index (Phi) is 7.43. The molecule has 43 heavy (non-hydrogen) atoms. The third kappa shape index (κ3) is 5.10. The lowest BCUT2D eigenvalue weighted by Gasteiger charge is -2.48. The van der Waals surface area contributed by atoms with E-state index < -0.39 is 5.82 Å². The molecule has 7 rings (SSSR count). The number of H-pyrrole nitrogens is 2. The summed E-state index contributed by atoms with van der Waals surface area (Å²) in [4.78, 5) is 29.1. The molecular weight excluding hydrogens is 545 g/mol. The van der Waals surface area contributed by atoms with E-state index in [9.17, 15) is 14.3 Å². The van der Waals surface area contributed by atoms with Gasteiger partial charge in [-0.1, -0.05) is 26.3 Å². The summed E-state index contributed by atoms with van der Waals surface area (Å²) in [5.74, 6) is -0.0526. The van der Waals surface area contributed by atoms with E-state index in [1.165, 1.54) is 31.4 Å². The smallest absolute Gasteiger partial charge is 0.240 e. The summed E-state index contributed by atoms with van der Waals surface area (Å²) in [5.41, 5.74) is 6.00. The van der Waals surface area contributed by atoms with Crippen LogP contribution in [0.2, 0.25) is 0 Å². The standard InChI is InChI=1S/C33H40FN7O2/c1-3-10-40-19-28-27(16-29(40)33(43)41-17-22(18-41)39-11-6-5-7-12-39)35-32(36-28)31-23-9-8-21(13-26(23)37-38-31)24-15-25(34)30(42)14-20(24)4-2/h8-9,13-15,22,29,42H,3-7,10-12,16-19H2,1-2H3,(H,35,36)(H,37,38)/t29-/m0/s1. The molecule has 2 saturated heterocycles. The van der Waals surface area contributed by atoms with Gasteiger partial charge in [0, 0.05) is 37.5 Å². The quantitative estimate of drug-likeness (QED) is 0.286. The second-order valence-electron chi connectivity index (χ2n) is 12.3. The van der Waals surface area contributed by atoms with Gasteiger partial charge in [-0.3, -0.25) is 19.7 Å². The molecule has 9 nitrogen and oxygen atoms in total. The van der Waals surface area contributed by atoms with Crippen molar-refractivity contribution in [1.29, 1.82) is 0 Å². The Bertz CT molecular complexity index is 1650. The molecule has 5 heterocycles. The molecule has 3 N–H and O–H groups in total. The van der Waals surface area contributed by atoms with Crippen molar-refractivity contribution in [3.05, 3.63) is 53.1 Å². The fraction of sp³-hybridized carbons (Fsp3) is 0.485. The molecule has 10 heteroatoms. The number of nitrogens with zero attached hydrogens (tertiary/aromatic N) is 5. The normalized spacial score (nSPS) is 20.0. The van der Waals surface area contributed by atoms with Gasteiger partial charge in [-0.15, -0.1) is 0 Å². The van der Waals surface area contributed by atoms with Gasteiger partial charge in [0.25, 0.3) is 0 Å². The van der Waals surface area contributed by atoms with Crippen LogP contribution in [0.25, 0.3) is 33.5 Å². The van der Waals surface area contributed by atoms with Crippen LogP contribution >= 0.6 is 0 Å². The van der Waals surface area contributed by atoms with Crippen molar-refractivity contribution in [1.82, 2.24) is 34.9 Å². The molecule has 0 spiro atoms. The monoisotopic (exact) mass is 585 g/mol. The number of amides is 1. The van der Waals surface area contributed by atoms with Gasteiger partial charge in [0.2, 0.25) is 5.91 Å². The number of aromatic hydroxyl groups is 1. The van der Waals surface area contributed by atoms with E-state index in [0.717, 1.165) is 83.8 Å². The summed E-state index contributed by atoms with van der Waals surface area (Å²) in [6.07, 6.45) is 6.10. The zero-order valence-electron chi connectivity index (χ0n) is 25.0. The number of imidazole rings is 1. The molecule has 2 aromatic carbocycles. The van der Waals surface area contributed by atoms with Crippen LogP contribution in [-0.4, -0.2) is 90.7 Å². The number of likely N-dealkylation sites (tertiary alicyclic amines) is 2. The number of halogens is 1. The molecule has 0 aliphatic carbocycles. The van der Waals surface area contributed by atoms with Gasteiger partial charge >= 0.3 is 0 Å². The third-order valence-electron chi connectivity index (χ3n) is 9.58. The number of nitrogens with one attached hydrogen (secondary N) is 2. The van der Waals surface area contributed by atoms with Gasteiger partial charge in [0.1, 0.15) is 5.69 Å². The minimum absolute atomic E-state index is 0.192. The summed E-state index contributed by atoms with van der Waals surface area (Å²) in [7, 11) is 0. The first-order valence-corrected chi connectivity index (χ1v) is 15.8. The van der Waals surface area contributed by atoms with Gasteiger partial charge in [-0.05, 0) is 86.3 Å². The zero-order valence-corrected chi connectivity index (χ0v) is 25.0. The maximum Gasteiger partial charge on any atom is 0.240 e. The van der Waals surface area contributed by atoms with Crippen LogP contribution in [0.4, 0.5) is 4.39 Å². The maximum atomic E-state index is 14.2.